The van der Waals surface area contributed by atoms with E-state index in [-0.39, 0.29) is 0 Å². The molecule has 3 heterocycles. The molecule has 0 amide bonds. The van der Waals surface area contributed by atoms with Crippen LogP contribution in [-0.4, -0.2) is 32.8 Å². The average Bonchev–Trinajstić information content (AvgIpc) is 3.11. The number of pyridine rings is 1. The zero-order valence-electron chi connectivity index (χ0n) is 14.4. The third-order valence-electron chi connectivity index (χ3n) is 4.29. The fraction of sp³-hybridized carbons (Fsp3) is 0.158. The van der Waals surface area contributed by atoms with Crippen molar-refractivity contribution in [2.24, 2.45) is 0 Å². The van der Waals surface area contributed by atoms with E-state index in [0.717, 1.165) is 11.1 Å². The highest BCUT2D eigenvalue weighted by atomic mass is 16.5. The predicted octanol–water partition coefficient (Wildman–Crippen LogP) is 2.80. The van der Waals surface area contributed by atoms with E-state index in [4.69, 9.17) is 4.74 Å². The summed E-state index contributed by atoms with van der Waals surface area (Å²) in [5, 5.41) is 7.82. The minimum absolute atomic E-state index is 0.411. The van der Waals surface area contributed by atoms with Crippen molar-refractivity contribution in [3.63, 3.8) is 0 Å². The summed E-state index contributed by atoms with van der Waals surface area (Å²) in [5.74, 6) is 0.745. The standard InChI is InChI=1S/C19H17N5O2/c1-12-15(18(25)26-2)16(14-9-6-10-20-11-14)24-19(21-12)22-17(23-24)13-7-4-3-5-8-13/h3-11,16H,1-2H3,(H,21,22,23)/t16-/m0/s1. The van der Waals surface area contributed by atoms with E-state index < -0.39 is 12.0 Å². The number of hydrogen-bond acceptors (Lipinski definition) is 6. The van der Waals surface area contributed by atoms with Crippen molar-refractivity contribution in [3.05, 3.63) is 71.7 Å². The SMILES string of the molecule is COC(=O)C1=C(C)Nc2nc(-c3ccccc3)nn2[C@H]1c1cccnc1. The Morgan fingerprint density at radius 1 is 1.19 bits per heavy atom. The molecule has 2 aromatic heterocycles. The Morgan fingerprint density at radius 2 is 2.00 bits per heavy atom. The molecule has 0 unspecified atom stereocenters. The molecule has 7 heteroatoms. The summed E-state index contributed by atoms with van der Waals surface area (Å²) in [6.45, 7) is 1.83. The number of fused-ring (bicyclic) bond motifs is 1. The van der Waals surface area contributed by atoms with Crippen LogP contribution in [0.15, 0.2) is 66.1 Å². The second-order valence-corrected chi connectivity index (χ2v) is 5.91. The number of rotatable bonds is 3. The highest BCUT2D eigenvalue weighted by Crippen LogP contribution is 2.36. The molecule has 0 saturated carbocycles. The Kier molecular flexibility index (Phi) is 3.96. The molecule has 0 spiro atoms. The largest absolute Gasteiger partial charge is 0.466 e. The van der Waals surface area contributed by atoms with Gasteiger partial charge in [-0.05, 0) is 18.6 Å². The van der Waals surface area contributed by atoms with E-state index in [0.29, 0.717) is 23.0 Å². The number of hydrogen-bond donors (Lipinski definition) is 1. The summed E-state index contributed by atoms with van der Waals surface area (Å²) in [6, 6.07) is 13.0. The van der Waals surface area contributed by atoms with Gasteiger partial charge in [0.05, 0.1) is 12.7 Å². The van der Waals surface area contributed by atoms with Crippen LogP contribution in [0.4, 0.5) is 5.95 Å². The van der Waals surface area contributed by atoms with Crippen LogP contribution in [0.5, 0.6) is 0 Å². The van der Waals surface area contributed by atoms with Gasteiger partial charge in [-0.15, -0.1) is 5.10 Å². The van der Waals surface area contributed by atoms with Crippen LogP contribution in [0, 0.1) is 0 Å². The first kappa shape index (κ1) is 16.0. The van der Waals surface area contributed by atoms with Crippen LogP contribution >= 0.6 is 0 Å². The quantitative estimate of drug-likeness (QED) is 0.734. The Bertz CT molecular complexity index is 980. The number of benzene rings is 1. The monoisotopic (exact) mass is 347 g/mol. The molecule has 130 valence electrons. The average molecular weight is 347 g/mol. The number of carbonyl (C=O) groups is 1. The van der Waals surface area contributed by atoms with Gasteiger partial charge < -0.3 is 10.1 Å². The van der Waals surface area contributed by atoms with Crippen molar-refractivity contribution in [1.29, 1.82) is 0 Å². The molecule has 0 saturated heterocycles. The lowest BCUT2D eigenvalue weighted by Gasteiger charge is -2.27. The van der Waals surface area contributed by atoms with E-state index in [1.54, 1.807) is 17.1 Å². The maximum absolute atomic E-state index is 12.4. The first-order chi connectivity index (χ1) is 12.7. The molecule has 26 heavy (non-hydrogen) atoms. The Labute approximate surface area is 150 Å². The van der Waals surface area contributed by atoms with E-state index >= 15 is 0 Å². The van der Waals surface area contributed by atoms with Crippen LogP contribution in [-0.2, 0) is 9.53 Å². The molecule has 1 aliphatic heterocycles. The molecule has 0 radical (unpaired) electrons. The minimum atomic E-state index is -0.461. The molecule has 0 bridgehead atoms. The highest BCUT2D eigenvalue weighted by molar-refractivity contribution is 5.92. The second-order valence-electron chi connectivity index (χ2n) is 5.91. The fourth-order valence-electron chi connectivity index (χ4n) is 3.08. The lowest BCUT2D eigenvalue weighted by Crippen LogP contribution is -2.29. The molecule has 1 aliphatic rings. The minimum Gasteiger partial charge on any atom is -0.466 e. The first-order valence-corrected chi connectivity index (χ1v) is 8.17. The second kappa shape index (κ2) is 6.44. The number of allylic oxidation sites excluding steroid dienone is 1. The van der Waals surface area contributed by atoms with E-state index in [1.165, 1.54) is 7.11 Å². The van der Waals surface area contributed by atoms with Crippen molar-refractivity contribution >= 4 is 11.9 Å². The lowest BCUT2D eigenvalue weighted by atomic mass is 9.97. The number of carbonyl (C=O) groups excluding carboxylic acids is 1. The van der Waals surface area contributed by atoms with Crippen LogP contribution in [0.25, 0.3) is 11.4 Å². The number of anilines is 1. The zero-order valence-corrected chi connectivity index (χ0v) is 14.4. The van der Waals surface area contributed by atoms with Gasteiger partial charge in [-0.25, -0.2) is 9.48 Å². The molecule has 4 rings (SSSR count). The molecule has 0 fully saturated rings. The Morgan fingerprint density at radius 3 is 2.69 bits per heavy atom. The van der Waals surface area contributed by atoms with Crippen molar-refractivity contribution in [2.45, 2.75) is 13.0 Å². The Hall–Kier alpha value is -3.48. The molecule has 1 N–H and O–H groups in total. The van der Waals surface area contributed by atoms with Gasteiger partial charge in [0.2, 0.25) is 5.95 Å². The summed E-state index contributed by atoms with van der Waals surface area (Å²) in [6.07, 6.45) is 3.41. The smallest absolute Gasteiger partial charge is 0.338 e. The molecule has 7 nitrogen and oxygen atoms in total. The molecule has 1 atom stereocenters. The van der Waals surface area contributed by atoms with E-state index in [1.807, 2.05) is 49.4 Å². The summed E-state index contributed by atoms with van der Waals surface area (Å²) < 4.78 is 6.71. The van der Waals surface area contributed by atoms with Gasteiger partial charge in [-0.2, -0.15) is 4.98 Å². The lowest BCUT2D eigenvalue weighted by molar-refractivity contribution is -0.136. The van der Waals surface area contributed by atoms with Crippen LogP contribution in [0.1, 0.15) is 18.5 Å². The molecular formula is C19H17N5O2. The van der Waals surface area contributed by atoms with Crippen LogP contribution in [0.2, 0.25) is 0 Å². The number of ether oxygens (including phenoxy) is 1. The normalized spacial score (nSPS) is 16.0. The summed E-state index contributed by atoms with van der Waals surface area (Å²) in [5.41, 5.74) is 2.90. The van der Waals surface area contributed by atoms with Gasteiger partial charge in [-0.3, -0.25) is 4.98 Å². The number of nitrogens with zero attached hydrogens (tertiary/aromatic N) is 4. The third kappa shape index (κ3) is 2.63. The summed E-state index contributed by atoms with van der Waals surface area (Å²) >= 11 is 0. The highest BCUT2D eigenvalue weighted by Gasteiger charge is 2.35. The van der Waals surface area contributed by atoms with Crippen LogP contribution < -0.4 is 5.32 Å². The first-order valence-electron chi connectivity index (χ1n) is 8.17. The van der Waals surface area contributed by atoms with Crippen LogP contribution in [0.3, 0.4) is 0 Å². The van der Waals surface area contributed by atoms with Crippen molar-refractivity contribution in [3.8, 4) is 11.4 Å². The van der Waals surface area contributed by atoms with Gasteiger partial charge >= 0.3 is 5.97 Å². The number of aromatic nitrogens is 4. The number of nitrogens with one attached hydrogen (secondary N) is 1. The molecule has 3 aromatic rings. The molecular weight excluding hydrogens is 330 g/mol. The van der Waals surface area contributed by atoms with E-state index in [2.05, 4.69) is 20.4 Å². The topological polar surface area (TPSA) is 81.9 Å². The number of methoxy groups -OCH3 is 1. The molecule has 1 aromatic carbocycles. The Balaban J connectivity index is 1.88. The van der Waals surface area contributed by atoms with Crippen molar-refractivity contribution in [2.75, 3.05) is 12.4 Å². The van der Waals surface area contributed by atoms with Gasteiger partial charge in [-0.1, -0.05) is 36.4 Å². The summed E-state index contributed by atoms with van der Waals surface area (Å²) in [4.78, 5) is 21.2. The third-order valence-corrected chi connectivity index (χ3v) is 4.29. The summed E-state index contributed by atoms with van der Waals surface area (Å²) in [7, 11) is 1.37. The maximum atomic E-state index is 12.4. The van der Waals surface area contributed by atoms with Gasteiger partial charge in [0, 0.05) is 23.7 Å². The van der Waals surface area contributed by atoms with Gasteiger partial charge in [0.25, 0.3) is 0 Å². The van der Waals surface area contributed by atoms with Gasteiger partial charge in [0.15, 0.2) is 5.82 Å². The molecule has 0 aliphatic carbocycles. The van der Waals surface area contributed by atoms with Crippen molar-refractivity contribution < 1.29 is 9.53 Å². The van der Waals surface area contributed by atoms with E-state index in [9.17, 15) is 4.79 Å². The predicted molar refractivity (Wildman–Crippen MR) is 96.2 cm³/mol. The number of esters is 1. The van der Waals surface area contributed by atoms with Crippen molar-refractivity contribution in [1.82, 2.24) is 19.7 Å². The maximum Gasteiger partial charge on any atom is 0.338 e. The van der Waals surface area contributed by atoms with Gasteiger partial charge in [0.1, 0.15) is 6.04 Å². The zero-order chi connectivity index (χ0) is 18.1. The fourth-order valence-corrected chi connectivity index (χ4v) is 3.08.